The maximum absolute atomic E-state index is 4.12. The lowest BCUT2D eigenvalue weighted by Gasteiger charge is -2.39. The van der Waals surface area contributed by atoms with Gasteiger partial charge in [-0.1, -0.05) is 27.2 Å². The normalized spacial score (nSPS) is 25.3. The van der Waals surface area contributed by atoms with Crippen LogP contribution in [0, 0.1) is 11.3 Å². The monoisotopic (exact) mass is 266 g/mol. The van der Waals surface area contributed by atoms with Gasteiger partial charge in [0.2, 0.25) is 0 Å². The average Bonchev–Trinajstić information content (AvgIpc) is 2.90. The van der Waals surface area contributed by atoms with E-state index in [1.807, 2.05) is 11.7 Å². The fraction of sp³-hybridized carbons (Fsp3) is 0.800. The van der Waals surface area contributed by atoms with Crippen molar-refractivity contribution in [1.29, 1.82) is 0 Å². The van der Waals surface area contributed by atoms with Crippen molar-refractivity contribution in [3.63, 3.8) is 0 Å². The molecule has 0 aliphatic heterocycles. The van der Waals surface area contributed by atoms with Crippen molar-refractivity contribution in [2.75, 3.05) is 0 Å². The zero-order chi connectivity index (χ0) is 13.0. The Morgan fingerprint density at radius 2 is 2.06 bits per heavy atom. The van der Waals surface area contributed by atoms with E-state index < -0.39 is 0 Å². The second-order valence-electron chi connectivity index (χ2n) is 6.24. The van der Waals surface area contributed by atoms with Gasteiger partial charge in [0.1, 0.15) is 0 Å². The first-order chi connectivity index (χ1) is 8.62. The van der Waals surface area contributed by atoms with Gasteiger partial charge < -0.3 is 5.32 Å². The summed E-state index contributed by atoms with van der Waals surface area (Å²) >= 11 is 1.75. The summed E-state index contributed by atoms with van der Waals surface area (Å²) in [6, 6.07) is 0.719. The second-order valence-corrected chi connectivity index (χ2v) is 7.21. The zero-order valence-corrected chi connectivity index (χ0v) is 12.7. The molecule has 1 heterocycles. The molecule has 1 aromatic rings. The van der Waals surface area contributed by atoms with Gasteiger partial charge in [-0.15, -0.1) is 11.3 Å². The highest BCUT2D eigenvalue weighted by molar-refractivity contribution is 7.09. The van der Waals surface area contributed by atoms with Gasteiger partial charge >= 0.3 is 0 Å². The molecular weight excluding hydrogens is 240 g/mol. The average molecular weight is 266 g/mol. The van der Waals surface area contributed by atoms with Crippen LogP contribution in [0.15, 0.2) is 11.7 Å². The Labute approximate surface area is 115 Å². The van der Waals surface area contributed by atoms with E-state index in [-0.39, 0.29) is 0 Å². The molecule has 1 N–H and O–H groups in total. The third-order valence-corrected chi connectivity index (χ3v) is 5.57. The lowest BCUT2D eigenvalue weighted by Crippen LogP contribution is -2.36. The SMILES string of the molecule is CCC(C)(C)C1CCC(NCc2cncs2)CC1. The third-order valence-electron chi connectivity index (χ3n) is 4.79. The summed E-state index contributed by atoms with van der Waals surface area (Å²) in [6.07, 6.45) is 8.74. The number of thiazole rings is 1. The summed E-state index contributed by atoms with van der Waals surface area (Å²) in [7, 11) is 0. The highest BCUT2D eigenvalue weighted by Crippen LogP contribution is 2.40. The fourth-order valence-corrected chi connectivity index (χ4v) is 3.49. The molecule has 102 valence electrons. The molecule has 0 spiro atoms. The van der Waals surface area contributed by atoms with Crippen molar-refractivity contribution in [3.05, 3.63) is 16.6 Å². The fourth-order valence-electron chi connectivity index (χ4n) is 2.94. The molecule has 0 aromatic carbocycles. The van der Waals surface area contributed by atoms with E-state index in [1.165, 1.54) is 37.0 Å². The van der Waals surface area contributed by atoms with E-state index in [9.17, 15) is 0 Å². The number of hydrogen-bond donors (Lipinski definition) is 1. The Morgan fingerprint density at radius 1 is 1.33 bits per heavy atom. The topological polar surface area (TPSA) is 24.9 Å². The minimum Gasteiger partial charge on any atom is -0.309 e. The number of nitrogens with zero attached hydrogens (tertiary/aromatic N) is 1. The molecule has 1 aliphatic carbocycles. The Bertz CT molecular complexity index is 337. The van der Waals surface area contributed by atoms with Gasteiger partial charge in [-0.3, -0.25) is 4.98 Å². The molecule has 1 aromatic heterocycles. The molecule has 1 fully saturated rings. The van der Waals surface area contributed by atoms with Crippen LogP contribution < -0.4 is 5.32 Å². The Kier molecular flexibility index (Phi) is 4.79. The summed E-state index contributed by atoms with van der Waals surface area (Å²) < 4.78 is 0. The highest BCUT2D eigenvalue weighted by Gasteiger charge is 2.31. The molecule has 2 nitrogen and oxygen atoms in total. The lowest BCUT2D eigenvalue weighted by atomic mass is 9.69. The predicted octanol–water partition coefficient (Wildman–Crippen LogP) is 4.23. The Morgan fingerprint density at radius 3 is 2.61 bits per heavy atom. The molecule has 0 saturated heterocycles. The Hall–Kier alpha value is -0.410. The smallest absolute Gasteiger partial charge is 0.0794 e. The van der Waals surface area contributed by atoms with Crippen LogP contribution >= 0.6 is 11.3 Å². The van der Waals surface area contributed by atoms with Crippen LogP contribution in [-0.4, -0.2) is 11.0 Å². The first kappa shape index (κ1) is 14.0. The zero-order valence-electron chi connectivity index (χ0n) is 11.9. The van der Waals surface area contributed by atoms with Crippen LogP contribution in [0.1, 0.15) is 57.8 Å². The molecule has 0 bridgehead atoms. The maximum Gasteiger partial charge on any atom is 0.0794 e. The molecule has 0 unspecified atom stereocenters. The standard InChI is InChI=1S/C15H26N2S/c1-4-15(2,3)12-5-7-13(8-6-12)17-10-14-9-16-11-18-14/h9,11-13,17H,4-8,10H2,1-3H3. The number of nitrogens with one attached hydrogen (secondary N) is 1. The third kappa shape index (κ3) is 3.55. The van der Waals surface area contributed by atoms with Gasteiger partial charge in [-0.25, -0.2) is 0 Å². The van der Waals surface area contributed by atoms with Crippen LogP contribution in [0.4, 0.5) is 0 Å². The summed E-state index contributed by atoms with van der Waals surface area (Å²) in [5.74, 6) is 0.920. The molecule has 3 heteroatoms. The van der Waals surface area contributed by atoms with Gasteiger partial charge in [0, 0.05) is 23.7 Å². The Balaban J connectivity index is 1.73. The van der Waals surface area contributed by atoms with Crippen LogP contribution in [0.2, 0.25) is 0 Å². The van der Waals surface area contributed by atoms with Crippen LogP contribution in [-0.2, 0) is 6.54 Å². The van der Waals surface area contributed by atoms with E-state index in [2.05, 4.69) is 31.1 Å². The van der Waals surface area contributed by atoms with Crippen molar-refractivity contribution in [2.24, 2.45) is 11.3 Å². The first-order valence-electron chi connectivity index (χ1n) is 7.22. The molecule has 2 rings (SSSR count). The molecule has 0 radical (unpaired) electrons. The van der Waals surface area contributed by atoms with Gasteiger partial charge in [-0.05, 0) is 37.0 Å². The molecule has 0 amide bonds. The van der Waals surface area contributed by atoms with E-state index in [0.717, 1.165) is 18.5 Å². The van der Waals surface area contributed by atoms with Crippen molar-refractivity contribution in [2.45, 2.75) is 65.5 Å². The molecular formula is C15H26N2S. The van der Waals surface area contributed by atoms with Gasteiger partial charge in [0.25, 0.3) is 0 Å². The number of aromatic nitrogens is 1. The molecule has 0 atom stereocenters. The van der Waals surface area contributed by atoms with Crippen molar-refractivity contribution < 1.29 is 0 Å². The maximum atomic E-state index is 4.12. The summed E-state index contributed by atoms with van der Waals surface area (Å²) in [6.45, 7) is 8.19. The number of hydrogen-bond acceptors (Lipinski definition) is 3. The minimum absolute atomic E-state index is 0.530. The van der Waals surface area contributed by atoms with Crippen molar-refractivity contribution >= 4 is 11.3 Å². The van der Waals surface area contributed by atoms with Gasteiger partial charge in [0.05, 0.1) is 5.51 Å². The lowest BCUT2D eigenvalue weighted by molar-refractivity contribution is 0.137. The predicted molar refractivity (Wildman–Crippen MR) is 78.8 cm³/mol. The van der Waals surface area contributed by atoms with E-state index in [0.29, 0.717) is 5.41 Å². The minimum atomic E-state index is 0.530. The van der Waals surface area contributed by atoms with Gasteiger partial charge in [0.15, 0.2) is 0 Å². The van der Waals surface area contributed by atoms with Gasteiger partial charge in [-0.2, -0.15) is 0 Å². The van der Waals surface area contributed by atoms with E-state index >= 15 is 0 Å². The number of rotatable bonds is 5. The van der Waals surface area contributed by atoms with E-state index in [1.54, 1.807) is 11.3 Å². The van der Waals surface area contributed by atoms with Crippen molar-refractivity contribution in [1.82, 2.24) is 10.3 Å². The molecule has 1 aliphatic rings. The summed E-state index contributed by atoms with van der Waals surface area (Å²) in [5.41, 5.74) is 2.44. The second kappa shape index (κ2) is 6.16. The first-order valence-corrected chi connectivity index (χ1v) is 8.10. The van der Waals surface area contributed by atoms with Crippen LogP contribution in [0.25, 0.3) is 0 Å². The van der Waals surface area contributed by atoms with E-state index in [4.69, 9.17) is 0 Å². The summed E-state index contributed by atoms with van der Waals surface area (Å²) in [4.78, 5) is 5.47. The van der Waals surface area contributed by atoms with Crippen molar-refractivity contribution in [3.8, 4) is 0 Å². The summed E-state index contributed by atoms with van der Waals surface area (Å²) in [5, 5.41) is 3.68. The highest BCUT2D eigenvalue weighted by atomic mass is 32.1. The molecule has 18 heavy (non-hydrogen) atoms. The van der Waals surface area contributed by atoms with Crippen LogP contribution in [0.3, 0.4) is 0 Å². The quantitative estimate of drug-likeness (QED) is 0.862. The van der Waals surface area contributed by atoms with Crippen LogP contribution in [0.5, 0.6) is 0 Å². The largest absolute Gasteiger partial charge is 0.309 e. The molecule has 1 saturated carbocycles.